The van der Waals surface area contributed by atoms with E-state index in [1.807, 2.05) is 24.3 Å². The molecule has 0 spiro atoms. The molecule has 0 aliphatic rings. The number of hydrogen-bond donors (Lipinski definition) is 0. The molecular formula is C16H22O3. The van der Waals surface area contributed by atoms with Crippen molar-refractivity contribution < 1.29 is 14.3 Å². The standard InChI is InChI=1S/C16H22O3/c1-3-5-6-7-12-18-15-10-8-14(9-11-15)13-19-16(17)4-2/h4,8-11H,2-3,5-7,12-13H2,1H3. The number of rotatable bonds is 9. The van der Waals surface area contributed by atoms with Crippen molar-refractivity contribution in [1.82, 2.24) is 0 Å². The average molecular weight is 262 g/mol. The fraction of sp³-hybridized carbons (Fsp3) is 0.438. The average Bonchev–Trinajstić information content (AvgIpc) is 2.45. The van der Waals surface area contributed by atoms with Crippen LogP contribution in [0.5, 0.6) is 5.75 Å². The van der Waals surface area contributed by atoms with Gasteiger partial charge in [-0.2, -0.15) is 0 Å². The summed E-state index contributed by atoms with van der Waals surface area (Å²) in [6.07, 6.45) is 5.96. The lowest BCUT2D eigenvalue weighted by Crippen LogP contribution is -2.00. The number of esters is 1. The van der Waals surface area contributed by atoms with Gasteiger partial charge in [-0.1, -0.05) is 44.9 Å². The van der Waals surface area contributed by atoms with Gasteiger partial charge < -0.3 is 9.47 Å². The molecule has 0 fully saturated rings. The van der Waals surface area contributed by atoms with Crippen molar-refractivity contribution in [3.63, 3.8) is 0 Å². The lowest BCUT2D eigenvalue weighted by atomic mass is 10.2. The lowest BCUT2D eigenvalue weighted by molar-refractivity contribution is -0.138. The molecule has 3 nitrogen and oxygen atoms in total. The topological polar surface area (TPSA) is 35.5 Å². The predicted molar refractivity (Wildman–Crippen MR) is 76.1 cm³/mol. The zero-order valence-corrected chi connectivity index (χ0v) is 11.6. The summed E-state index contributed by atoms with van der Waals surface area (Å²) in [5, 5.41) is 0. The van der Waals surface area contributed by atoms with Crippen molar-refractivity contribution >= 4 is 5.97 Å². The zero-order chi connectivity index (χ0) is 13.9. The maximum absolute atomic E-state index is 10.9. The normalized spacial score (nSPS) is 9.95. The Hall–Kier alpha value is -1.77. The van der Waals surface area contributed by atoms with Gasteiger partial charge in [0.1, 0.15) is 12.4 Å². The number of ether oxygens (including phenoxy) is 2. The first-order chi connectivity index (χ1) is 9.26. The molecule has 1 aromatic rings. The summed E-state index contributed by atoms with van der Waals surface area (Å²) >= 11 is 0. The van der Waals surface area contributed by atoms with Crippen LogP contribution in [0.3, 0.4) is 0 Å². The van der Waals surface area contributed by atoms with E-state index >= 15 is 0 Å². The summed E-state index contributed by atoms with van der Waals surface area (Å²) in [7, 11) is 0. The molecule has 0 aliphatic heterocycles. The molecule has 0 saturated heterocycles. The third-order valence-corrected chi connectivity index (χ3v) is 2.74. The molecule has 0 heterocycles. The Morgan fingerprint density at radius 1 is 1.21 bits per heavy atom. The molecule has 0 amide bonds. The van der Waals surface area contributed by atoms with E-state index in [9.17, 15) is 4.79 Å². The predicted octanol–water partition coefficient (Wildman–Crippen LogP) is 3.87. The Morgan fingerprint density at radius 3 is 2.58 bits per heavy atom. The van der Waals surface area contributed by atoms with Crippen LogP contribution in [0.2, 0.25) is 0 Å². The van der Waals surface area contributed by atoms with E-state index in [4.69, 9.17) is 9.47 Å². The van der Waals surface area contributed by atoms with Gasteiger partial charge in [-0.05, 0) is 24.1 Å². The summed E-state index contributed by atoms with van der Waals surface area (Å²) in [6, 6.07) is 7.60. The summed E-state index contributed by atoms with van der Waals surface area (Å²) in [6.45, 7) is 6.56. The molecular weight excluding hydrogens is 240 g/mol. The molecule has 3 heteroatoms. The Bertz CT molecular complexity index is 381. The van der Waals surface area contributed by atoms with Crippen molar-refractivity contribution in [3.05, 3.63) is 42.5 Å². The van der Waals surface area contributed by atoms with Crippen LogP contribution >= 0.6 is 0 Å². The number of carbonyl (C=O) groups excluding carboxylic acids is 1. The number of benzene rings is 1. The van der Waals surface area contributed by atoms with E-state index in [-0.39, 0.29) is 6.61 Å². The largest absolute Gasteiger partial charge is 0.494 e. The molecule has 0 atom stereocenters. The van der Waals surface area contributed by atoms with Gasteiger partial charge in [0, 0.05) is 6.08 Å². The molecule has 0 saturated carbocycles. The van der Waals surface area contributed by atoms with Crippen LogP contribution in [0.15, 0.2) is 36.9 Å². The second-order valence-corrected chi connectivity index (χ2v) is 4.36. The van der Waals surface area contributed by atoms with Crippen LogP contribution in [0.4, 0.5) is 0 Å². The van der Waals surface area contributed by atoms with E-state index in [1.54, 1.807) is 0 Å². The molecule has 0 bridgehead atoms. The van der Waals surface area contributed by atoms with Gasteiger partial charge in [-0.3, -0.25) is 0 Å². The maximum Gasteiger partial charge on any atom is 0.330 e. The van der Waals surface area contributed by atoms with Gasteiger partial charge in [0.25, 0.3) is 0 Å². The van der Waals surface area contributed by atoms with Crippen LogP contribution in [0.25, 0.3) is 0 Å². The fourth-order valence-corrected chi connectivity index (χ4v) is 1.61. The number of hydrogen-bond acceptors (Lipinski definition) is 3. The van der Waals surface area contributed by atoms with Crippen molar-refractivity contribution in [2.45, 2.75) is 39.2 Å². The van der Waals surface area contributed by atoms with Crippen LogP contribution in [-0.4, -0.2) is 12.6 Å². The van der Waals surface area contributed by atoms with Crippen molar-refractivity contribution in [3.8, 4) is 5.75 Å². The minimum absolute atomic E-state index is 0.266. The first-order valence-corrected chi connectivity index (χ1v) is 6.77. The molecule has 104 valence electrons. The second-order valence-electron chi connectivity index (χ2n) is 4.36. The molecule has 0 N–H and O–H groups in total. The highest BCUT2D eigenvalue weighted by Crippen LogP contribution is 2.13. The molecule has 0 radical (unpaired) electrons. The molecule has 19 heavy (non-hydrogen) atoms. The van der Waals surface area contributed by atoms with Crippen LogP contribution in [0.1, 0.15) is 38.2 Å². The Labute approximate surface area is 115 Å². The van der Waals surface area contributed by atoms with Crippen molar-refractivity contribution in [1.29, 1.82) is 0 Å². The van der Waals surface area contributed by atoms with E-state index < -0.39 is 5.97 Å². The minimum atomic E-state index is -0.406. The number of carbonyl (C=O) groups is 1. The minimum Gasteiger partial charge on any atom is -0.494 e. The summed E-state index contributed by atoms with van der Waals surface area (Å²) in [4.78, 5) is 10.9. The Balaban J connectivity index is 2.27. The quantitative estimate of drug-likeness (QED) is 0.385. The summed E-state index contributed by atoms with van der Waals surface area (Å²) in [5.74, 6) is 0.451. The lowest BCUT2D eigenvalue weighted by Gasteiger charge is -2.07. The molecule has 0 aliphatic carbocycles. The van der Waals surface area contributed by atoms with Crippen molar-refractivity contribution in [2.24, 2.45) is 0 Å². The molecule has 0 unspecified atom stereocenters. The first kappa shape index (κ1) is 15.3. The maximum atomic E-state index is 10.9. The molecule has 0 aromatic heterocycles. The molecule has 1 rings (SSSR count). The van der Waals surface area contributed by atoms with Gasteiger partial charge in [0.15, 0.2) is 0 Å². The fourth-order valence-electron chi connectivity index (χ4n) is 1.61. The Kier molecular flexibility index (Phi) is 7.40. The summed E-state index contributed by atoms with van der Waals surface area (Å²) < 4.78 is 10.6. The molecule has 1 aromatic carbocycles. The number of unbranched alkanes of at least 4 members (excludes halogenated alkanes) is 3. The highest BCUT2D eigenvalue weighted by Gasteiger charge is 1.99. The van der Waals surface area contributed by atoms with Crippen LogP contribution < -0.4 is 4.74 Å². The van der Waals surface area contributed by atoms with Gasteiger partial charge in [-0.25, -0.2) is 4.79 Å². The first-order valence-electron chi connectivity index (χ1n) is 6.77. The summed E-state index contributed by atoms with van der Waals surface area (Å²) in [5.41, 5.74) is 0.938. The second kappa shape index (κ2) is 9.20. The van der Waals surface area contributed by atoms with Gasteiger partial charge in [0.05, 0.1) is 6.61 Å². The smallest absolute Gasteiger partial charge is 0.330 e. The zero-order valence-electron chi connectivity index (χ0n) is 11.6. The van der Waals surface area contributed by atoms with E-state index in [1.165, 1.54) is 19.3 Å². The van der Waals surface area contributed by atoms with Crippen molar-refractivity contribution in [2.75, 3.05) is 6.61 Å². The van der Waals surface area contributed by atoms with Gasteiger partial charge >= 0.3 is 5.97 Å². The van der Waals surface area contributed by atoms with E-state index in [0.29, 0.717) is 0 Å². The Morgan fingerprint density at radius 2 is 1.95 bits per heavy atom. The SMILES string of the molecule is C=CC(=O)OCc1ccc(OCCCCCC)cc1. The van der Waals surface area contributed by atoms with Gasteiger partial charge in [-0.15, -0.1) is 0 Å². The highest BCUT2D eigenvalue weighted by molar-refractivity contribution is 5.81. The third-order valence-electron chi connectivity index (χ3n) is 2.74. The van der Waals surface area contributed by atoms with E-state index in [0.717, 1.165) is 30.4 Å². The third kappa shape index (κ3) is 6.65. The van der Waals surface area contributed by atoms with Gasteiger partial charge in [0.2, 0.25) is 0 Å². The monoisotopic (exact) mass is 262 g/mol. The van der Waals surface area contributed by atoms with E-state index in [2.05, 4.69) is 13.5 Å². The highest BCUT2D eigenvalue weighted by atomic mass is 16.5. The van der Waals surface area contributed by atoms with Crippen LogP contribution in [0, 0.1) is 0 Å². The van der Waals surface area contributed by atoms with Crippen LogP contribution in [-0.2, 0) is 16.1 Å².